The van der Waals surface area contributed by atoms with Crippen LogP contribution in [-0.4, -0.2) is 65.9 Å². The van der Waals surface area contributed by atoms with Crippen molar-refractivity contribution in [2.24, 2.45) is 0 Å². The van der Waals surface area contributed by atoms with Gasteiger partial charge >= 0.3 is 0 Å². The number of para-hydroxylation sites is 2. The molecule has 2 aromatic heterocycles. The first kappa shape index (κ1) is 25.5. The number of amides is 2. The maximum atomic E-state index is 12.3. The molecule has 12 heteroatoms. The molecule has 0 spiro atoms. The Labute approximate surface area is 217 Å². The van der Waals surface area contributed by atoms with Gasteiger partial charge in [-0.3, -0.25) is 18.7 Å². The minimum Gasteiger partial charge on any atom is -0.354 e. The van der Waals surface area contributed by atoms with Gasteiger partial charge in [-0.05, 0) is 38.1 Å². The molecule has 0 aliphatic rings. The summed E-state index contributed by atoms with van der Waals surface area (Å²) in [5.74, 6) is 1.61. The first-order valence-electron chi connectivity index (χ1n) is 11.3. The van der Waals surface area contributed by atoms with E-state index in [4.69, 9.17) is 0 Å². The van der Waals surface area contributed by atoms with E-state index in [1.165, 1.54) is 23.5 Å². The number of carbonyl (C=O) groups excluding carboxylic acids is 2. The fourth-order valence-electron chi connectivity index (χ4n) is 3.39. The lowest BCUT2D eigenvalue weighted by Gasteiger charge is -2.09. The van der Waals surface area contributed by atoms with Crippen molar-refractivity contribution in [2.75, 3.05) is 24.6 Å². The fourth-order valence-corrected chi connectivity index (χ4v) is 5.04. The number of nitrogens with one attached hydrogen (secondary N) is 2. The molecule has 2 amide bonds. The molecular formula is C24H26N8O2S2. The van der Waals surface area contributed by atoms with Crippen molar-refractivity contribution in [3.8, 4) is 11.4 Å². The van der Waals surface area contributed by atoms with Crippen LogP contribution in [0.3, 0.4) is 0 Å². The zero-order valence-electron chi connectivity index (χ0n) is 19.9. The highest BCUT2D eigenvalue weighted by Crippen LogP contribution is 2.22. The zero-order chi connectivity index (χ0) is 25.3. The summed E-state index contributed by atoms with van der Waals surface area (Å²) >= 11 is 2.63. The number of aryl methyl sites for hydroxylation is 2. The lowest BCUT2D eigenvalue weighted by Crippen LogP contribution is -2.36. The zero-order valence-corrected chi connectivity index (χ0v) is 21.6. The lowest BCUT2D eigenvalue weighted by molar-refractivity contribution is -0.120. The van der Waals surface area contributed by atoms with Crippen LogP contribution in [0.4, 0.5) is 0 Å². The van der Waals surface area contributed by atoms with E-state index < -0.39 is 0 Å². The standard InChI is InChI=1S/C24H26N8O2S2/c1-17-27-29-23(31(17)19-9-5-3-6-10-19)35-15-21(33)25-13-14-26-22(34)16-36-24-30-28-18(2)32(24)20-11-7-4-8-12-20/h3-12H,13-16H2,1-2H3,(H,25,33)(H,26,34). The van der Waals surface area contributed by atoms with Crippen molar-refractivity contribution in [3.05, 3.63) is 72.3 Å². The molecule has 10 nitrogen and oxygen atoms in total. The highest BCUT2D eigenvalue weighted by Gasteiger charge is 2.14. The number of carbonyl (C=O) groups is 2. The van der Waals surface area contributed by atoms with Crippen LogP contribution in [0.1, 0.15) is 11.6 Å². The Balaban J connectivity index is 1.18. The Morgan fingerprint density at radius 1 is 0.667 bits per heavy atom. The summed E-state index contributed by atoms with van der Waals surface area (Å²) < 4.78 is 3.83. The predicted octanol–water partition coefficient (Wildman–Crippen LogP) is 2.58. The van der Waals surface area contributed by atoms with E-state index in [1.54, 1.807) is 0 Å². The molecule has 2 N–H and O–H groups in total. The molecule has 0 aliphatic heterocycles. The second-order valence-corrected chi connectivity index (χ2v) is 9.56. The van der Waals surface area contributed by atoms with E-state index in [-0.39, 0.29) is 23.3 Å². The summed E-state index contributed by atoms with van der Waals surface area (Å²) in [7, 11) is 0. The Hall–Kier alpha value is -3.64. The van der Waals surface area contributed by atoms with Gasteiger partial charge in [-0.25, -0.2) is 0 Å². The van der Waals surface area contributed by atoms with Crippen molar-refractivity contribution in [2.45, 2.75) is 24.2 Å². The predicted molar refractivity (Wildman–Crippen MR) is 140 cm³/mol. The van der Waals surface area contributed by atoms with Crippen molar-refractivity contribution in [3.63, 3.8) is 0 Å². The molecule has 0 saturated carbocycles. The number of aromatic nitrogens is 6. The first-order chi connectivity index (χ1) is 17.5. The van der Waals surface area contributed by atoms with E-state index in [1.807, 2.05) is 83.6 Å². The van der Waals surface area contributed by atoms with Crippen LogP contribution < -0.4 is 10.6 Å². The van der Waals surface area contributed by atoms with Crippen LogP contribution in [0.2, 0.25) is 0 Å². The Morgan fingerprint density at radius 3 is 1.44 bits per heavy atom. The molecule has 4 aromatic rings. The molecule has 0 radical (unpaired) electrons. The van der Waals surface area contributed by atoms with E-state index in [2.05, 4.69) is 31.0 Å². The SMILES string of the molecule is Cc1nnc(SCC(=O)NCCNC(=O)CSc2nnc(C)n2-c2ccccc2)n1-c1ccccc1. The molecule has 0 atom stereocenters. The van der Waals surface area contributed by atoms with Crippen LogP contribution in [0, 0.1) is 13.8 Å². The van der Waals surface area contributed by atoms with Crippen molar-refractivity contribution >= 4 is 35.3 Å². The Kier molecular flexibility index (Phi) is 8.74. The number of hydrogen-bond donors (Lipinski definition) is 2. The summed E-state index contributed by atoms with van der Waals surface area (Å²) in [6, 6.07) is 19.5. The molecule has 186 valence electrons. The summed E-state index contributed by atoms with van der Waals surface area (Å²) in [4.78, 5) is 24.6. The number of rotatable bonds is 11. The van der Waals surface area contributed by atoms with Crippen LogP contribution in [-0.2, 0) is 9.59 Å². The lowest BCUT2D eigenvalue weighted by atomic mass is 10.3. The Morgan fingerprint density at radius 2 is 1.06 bits per heavy atom. The molecule has 2 heterocycles. The van der Waals surface area contributed by atoms with Crippen molar-refractivity contribution in [1.82, 2.24) is 40.2 Å². The molecule has 0 aliphatic carbocycles. The number of thioether (sulfide) groups is 2. The van der Waals surface area contributed by atoms with Crippen LogP contribution in [0.25, 0.3) is 11.4 Å². The average molecular weight is 523 g/mol. The highest BCUT2D eigenvalue weighted by atomic mass is 32.2. The smallest absolute Gasteiger partial charge is 0.230 e. The third kappa shape index (κ3) is 6.52. The molecule has 0 bridgehead atoms. The van der Waals surface area contributed by atoms with Crippen molar-refractivity contribution in [1.29, 1.82) is 0 Å². The van der Waals surface area contributed by atoms with Gasteiger partial charge in [0.1, 0.15) is 11.6 Å². The van der Waals surface area contributed by atoms with Gasteiger partial charge < -0.3 is 10.6 Å². The molecule has 4 rings (SSSR count). The minimum absolute atomic E-state index is 0.143. The first-order valence-corrected chi connectivity index (χ1v) is 13.2. The quantitative estimate of drug-likeness (QED) is 0.228. The number of benzene rings is 2. The van der Waals surface area contributed by atoms with E-state index in [0.29, 0.717) is 23.4 Å². The third-order valence-corrected chi connectivity index (χ3v) is 6.91. The van der Waals surface area contributed by atoms with E-state index in [9.17, 15) is 9.59 Å². The maximum Gasteiger partial charge on any atom is 0.230 e. The summed E-state index contributed by atoms with van der Waals surface area (Å²) in [6.45, 7) is 4.41. The second kappa shape index (κ2) is 12.4. The van der Waals surface area contributed by atoms with Crippen LogP contribution in [0.15, 0.2) is 71.0 Å². The highest BCUT2D eigenvalue weighted by molar-refractivity contribution is 8.00. The van der Waals surface area contributed by atoms with Gasteiger partial charge in [-0.15, -0.1) is 20.4 Å². The molecule has 2 aromatic carbocycles. The van der Waals surface area contributed by atoms with E-state index in [0.717, 1.165) is 23.0 Å². The van der Waals surface area contributed by atoms with Crippen LogP contribution >= 0.6 is 23.5 Å². The topological polar surface area (TPSA) is 120 Å². The van der Waals surface area contributed by atoms with Gasteiger partial charge in [0, 0.05) is 24.5 Å². The van der Waals surface area contributed by atoms with Gasteiger partial charge in [0.15, 0.2) is 10.3 Å². The van der Waals surface area contributed by atoms with Crippen molar-refractivity contribution < 1.29 is 9.59 Å². The van der Waals surface area contributed by atoms with Gasteiger partial charge in [-0.1, -0.05) is 59.9 Å². The minimum atomic E-state index is -0.143. The molecular weight excluding hydrogens is 496 g/mol. The Bertz CT molecular complexity index is 1210. The summed E-state index contributed by atoms with van der Waals surface area (Å²) in [5.41, 5.74) is 1.89. The number of hydrogen-bond acceptors (Lipinski definition) is 8. The molecule has 0 unspecified atom stereocenters. The van der Waals surface area contributed by atoms with Gasteiger partial charge in [-0.2, -0.15) is 0 Å². The van der Waals surface area contributed by atoms with E-state index >= 15 is 0 Å². The third-order valence-electron chi connectivity index (χ3n) is 5.05. The van der Waals surface area contributed by atoms with Gasteiger partial charge in [0.2, 0.25) is 11.8 Å². The summed E-state index contributed by atoms with van der Waals surface area (Å²) in [5, 5.41) is 23.6. The molecule has 36 heavy (non-hydrogen) atoms. The normalized spacial score (nSPS) is 10.8. The second-order valence-electron chi connectivity index (χ2n) is 7.68. The van der Waals surface area contributed by atoms with Crippen LogP contribution in [0.5, 0.6) is 0 Å². The summed E-state index contributed by atoms with van der Waals surface area (Å²) in [6.07, 6.45) is 0. The fraction of sp³-hybridized carbons (Fsp3) is 0.250. The van der Waals surface area contributed by atoms with Gasteiger partial charge in [0.05, 0.1) is 11.5 Å². The monoisotopic (exact) mass is 522 g/mol. The van der Waals surface area contributed by atoms with Gasteiger partial charge in [0.25, 0.3) is 0 Å². The molecule has 0 saturated heterocycles. The number of nitrogens with zero attached hydrogens (tertiary/aromatic N) is 6. The average Bonchev–Trinajstić information content (AvgIpc) is 3.46. The largest absolute Gasteiger partial charge is 0.354 e. The maximum absolute atomic E-state index is 12.3. The molecule has 0 fully saturated rings.